The van der Waals surface area contributed by atoms with Gasteiger partial charge in [-0.3, -0.25) is 9.69 Å². The third-order valence-corrected chi connectivity index (χ3v) is 5.91. The van der Waals surface area contributed by atoms with Gasteiger partial charge in [0.2, 0.25) is 0 Å². The standard InChI is InChI=1S/C23H27FN2O3/c1-14-8-10-26(11-9-14)19(21-6-4-15(2)28-21)13-25-23(27)22-16(3)18-12-17(24)5-7-20(18)29-22/h4-7,12,14,19H,8-11,13H2,1-3H3,(H,25,27). The van der Waals surface area contributed by atoms with E-state index in [1.807, 2.05) is 19.1 Å². The molecule has 0 saturated carbocycles. The molecule has 6 heteroatoms. The van der Waals surface area contributed by atoms with Gasteiger partial charge in [-0.1, -0.05) is 6.92 Å². The minimum Gasteiger partial charge on any atom is -0.465 e. The molecular formula is C23H27FN2O3. The molecule has 2 aromatic heterocycles. The van der Waals surface area contributed by atoms with Gasteiger partial charge in [0, 0.05) is 17.5 Å². The summed E-state index contributed by atoms with van der Waals surface area (Å²) >= 11 is 0. The van der Waals surface area contributed by atoms with E-state index >= 15 is 0 Å². The SMILES string of the molecule is Cc1ccc(C(CNC(=O)c2oc3ccc(F)cc3c2C)N2CCC(C)CC2)o1. The fraction of sp³-hybridized carbons (Fsp3) is 0.435. The smallest absolute Gasteiger partial charge is 0.287 e. The van der Waals surface area contributed by atoms with E-state index < -0.39 is 0 Å². The number of carbonyl (C=O) groups excluding carboxylic acids is 1. The summed E-state index contributed by atoms with van der Waals surface area (Å²) in [6.07, 6.45) is 2.27. The van der Waals surface area contributed by atoms with Crippen LogP contribution in [0, 0.1) is 25.6 Å². The molecule has 1 unspecified atom stereocenters. The predicted molar refractivity (Wildman–Crippen MR) is 109 cm³/mol. The maximum absolute atomic E-state index is 13.5. The Morgan fingerprint density at radius 3 is 2.66 bits per heavy atom. The number of nitrogens with zero attached hydrogens (tertiary/aromatic N) is 1. The molecule has 1 aliphatic rings. The summed E-state index contributed by atoms with van der Waals surface area (Å²) in [6, 6.07) is 8.20. The summed E-state index contributed by atoms with van der Waals surface area (Å²) in [5.74, 6) is 2.03. The average Bonchev–Trinajstić information content (AvgIpc) is 3.27. The highest BCUT2D eigenvalue weighted by molar-refractivity contribution is 5.98. The first-order chi connectivity index (χ1) is 13.9. The third-order valence-electron chi connectivity index (χ3n) is 5.91. The zero-order valence-corrected chi connectivity index (χ0v) is 17.1. The maximum Gasteiger partial charge on any atom is 0.287 e. The van der Waals surface area contributed by atoms with Crippen molar-refractivity contribution in [1.29, 1.82) is 0 Å². The van der Waals surface area contributed by atoms with Crippen LogP contribution in [0.3, 0.4) is 0 Å². The monoisotopic (exact) mass is 398 g/mol. The molecule has 154 valence electrons. The molecule has 1 atom stereocenters. The van der Waals surface area contributed by atoms with Gasteiger partial charge in [-0.25, -0.2) is 4.39 Å². The number of piperidine rings is 1. The second-order valence-electron chi connectivity index (χ2n) is 8.09. The fourth-order valence-corrected chi connectivity index (χ4v) is 4.06. The van der Waals surface area contributed by atoms with Crippen LogP contribution < -0.4 is 5.32 Å². The molecular weight excluding hydrogens is 371 g/mol. The van der Waals surface area contributed by atoms with E-state index in [4.69, 9.17) is 8.83 Å². The van der Waals surface area contributed by atoms with Crippen LogP contribution in [0.2, 0.25) is 0 Å². The number of amides is 1. The van der Waals surface area contributed by atoms with E-state index in [2.05, 4.69) is 17.1 Å². The third kappa shape index (κ3) is 4.08. The van der Waals surface area contributed by atoms with Crippen molar-refractivity contribution >= 4 is 16.9 Å². The second-order valence-corrected chi connectivity index (χ2v) is 8.09. The van der Waals surface area contributed by atoms with Crippen molar-refractivity contribution in [1.82, 2.24) is 10.2 Å². The number of benzene rings is 1. The van der Waals surface area contributed by atoms with Crippen LogP contribution in [0.4, 0.5) is 4.39 Å². The van der Waals surface area contributed by atoms with Gasteiger partial charge >= 0.3 is 0 Å². The van der Waals surface area contributed by atoms with Crippen LogP contribution in [0.15, 0.2) is 39.2 Å². The topological polar surface area (TPSA) is 58.6 Å². The van der Waals surface area contributed by atoms with Gasteiger partial charge in [-0.2, -0.15) is 0 Å². The number of likely N-dealkylation sites (tertiary alicyclic amines) is 1. The Morgan fingerprint density at radius 2 is 1.97 bits per heavy atom. The van der Waals surface area contributed by atoms with Crippen LogP contribution in [0.5, 0.6) is 0 Å². The van der Waals surface area contributed by atoms with E-state index in [0.717, 1.165) is 43.4 Å². The Bertz CT molecular complexity index is 1010. The lowest BCUT2D eigenvalue weighted by atomic mass is 9.97. The highest BCUT2D eigenvalue weighted by Crippen LogP contribution is 2.29. The van der Waals surface area contributed by atoms with Crippen molar-refractivity contribution in [3.05, 3.63) is 59.0 Å². The molecule has 1 aliphatic heterocycles. The van der Waals surface area contributed by atoms with Crippen molar-refractivity contribution in [2.75, 3.05) is 19.6 Å². The first-order valence-electron chi connectivity index (χ1n) is 10.2. The maximum atomic E-state index is 13.5. The van der Waals surface area contributed by atoms with Gasteiger partial charge in [0.15, 0.2) is 5.76 Å². The van der Waals surface area contributed by atoms with Crippen LogP contribution in [0.25, 0.3) is 11.0 Å². The molecule has 0 aliphatic carbocycles. The summed E-state index contributed by atoms with van der Waals surface area (Å²) in [6.45, 7) is 8.35. The number of furan rings is 2. The number of fused-ring (bicyclic) bond motifs is 1. The van der Waals surface area contributed by atoms with E-state index in [-0.39, 0.29) is 23.5 Å². The summed E-state index contributed by atoms with van der Waals surface area (Å²) in [5.41, 5.74) is 1.16. The lowest BCUT2D eigenvalue weighted by molar-refractivity contribution is 0.0871. The number of carbonyl (C=O) groups is 1. The molecule has 1 saturated heterocycles. The number of nitrogens with one attached hydrogen (secondary N) is 1. The Labute approximate surface area is 169 Å². The van der Waals surface area contributed by atoms with Crippen LogP contribution in [-0.2, 0) is 0 Å². The van der Waals surface area contributed by atoms with Gasteiger partial charge in [-0.15, -0.1) is 0 Å². The molecule has 1 amide bonds. The first-order valence-corrected chi connectivity index (χ1v) is 10.2. The van der Waals surface area contributed by atoms with Crippen LogP contribution >= 0.6 is 0 Å². The molecule has 0 bridgehead atoms. The van der Waals surface area contributed by atoms with Crippen LogP contribution in [0.1, 0.15) is 53.4 Å². The quantitative estimate of drug-likeness (QED) is 0.658. The average molecular weight is 398 g/mol. The summed E-state index contributed by atoms with van der Waals surface area (Å²) < 4.78 is 25.1. The summed E-state index contributed by atoms with van der Waals surface area (Å²) in [4.78, 5) is 15.2. The highest BCUT2D eigenvalue weighted by Gasteiger charge is 2.28. The molecule has 1 aromatic carbocycles. The molecule has 1 N–H and O–H groups in total. The van der Waals surface area contributed by atoms with Crippen molar-refractivity contribution in [3.8, 4) is 0 Å². The number of aryl methyl sites for hydroxylation is 2. The lowest BCUT2D eigenvalue weighted by Crippen LogP contribution is -2.41. The minimum absolute atomic E-state index is 0.0257. The number of halogens is 1. The van der Waals surface area contributed by atoms with Crippen molar-refractivity contribution < 1.29 is 18.0 Å². The number of rotatable bonds is 5. The molecule has 29 heavy (non-hydrogen) atoms. The molecule has 4 rings (SSSR count). The fourth-order valence-electron chi connectivity index (χ4n) is 4.06. The van der Waals surface area contributed by atoms with Gasteiger partial charge in [0.25, 0.3) is 5.91 Å². The number of hydrogen-bond acceptors (Lipinski definition) is 4. The summed E-state index contributed by atoms with van der Waals surface area (Å²) in [7, 11) is 0. The molecule has 0 spiro atoms. The Kier molecular flexibility index (Phi) is 5.46. The molecule has 3 heterocycles. The van der Waals surface area contributed by atoms with Crippen LogP contribution in [-0.4, -0.2) is 30.4 Å². The Balaban J connectivity index is 1.52. The predicted octanol–water partition coefficient (Wildman–Crippen LogP) is 4.98. The van der Waals surface area contributed by atoms with Crippen molar-refractivity contribution in [3.63, 3.8) is 0 Å². The van der Waals surface area contributed by atoms with Crippen molar-refractivity contribution in [2.45, 2.75) is 39.7 Å². The zero-order chi connectivity index (χ0) is 20.5. The lowest BCUT2D eigenvalue weighted by Gasteiger charge is -2.35. The van der Waals surface area contributed by atoms with Gasteiger partial charge in [0.05, 0.1) is 6.04 Å². The highest BCUT2D eigenvalue weighted by atomic mass is 19.1. The largest absolute Gasteiger partial charge is 0.465 e. The molecule has 1 fully saturated rings. The normalized spacial score (nSPS) is 17.0. The van der Waals surface area contributed by atoms with E-state index in [9.17, 15) is 9.18 Å². The number of hydrogen-bond donors (Lipinski definition) is 1. The van der Waals surface area contributed by atoms with Gasteiger partial charge in [0.1, 0.15) is 22.9 Å². The molecule has 0 radical (unpaired) electrons. The molecule has 5 nitrogen and oxygen atoms in total. The Morgan fingerprint density at radius 1 is 1.21 bits per heavy atom. The minimum atomic E-state index is -0.346. The van der Waals surface area contributed by atoms with Gasteiger partial charge < -0.3 is 14.2 Å². The Hall–Kier alpha value is -2.60. The van der Waals surface area contributed by atoms with E-state index in [0.29, 0.717) is 23.1 Å². The van der Waals surface area contributed by atoms with Gasteiger partial charge in [-0.05, 0) is 76.0 Å². The summed E-state index contributed by atoms with van der Waals surface area (Å²) in [5, 5.41) is 3.63. The molecule has 3 aromatic rings. The second kappa shape index (κ2) is 8.03. The zero-order valence-electron chi connectivity index (χ0n) is 17.1. The van der Waals surface area contributed by atoms with E-state index in [1.54, 1.807) is 13.0 Å². The van der Waals surface area contributed by atoms with E-state index in [1.165, 1.54) is 12.1 Å². The first kappa shape index (κ1) is 19.7. The van der Waals surface area contributed by atoms with Crippen molar-refractivity contribution in [2.24, 2.45) is 5.92 Å².